The summed E-state index contributed by atoms with van der Waals surface area (Å²) >= 11 is 3.33. The summed E-state index contributed by atoms with van der Waals surface area (Å²) in [6, 6.07) is 19.8. The third kappa shape index (κ3) is 6.52. The number of benzene rings is 3. The van der Waals surface area contributed by atoms with E-state index < -0.39 is 0 Å². The lowest BCUT2D eigenvalue weighted by molar-refractivity contribution is -0.118. The van der Waals surface area contributed by atoms with Crippen molar-refractivity contribution in [2.45, 2.75) is 13.8 Å². The molecule has 2 N–H and O–H groups in total. The first-order valence-corrected chi connectivity index (χ1v) is 10.4. The highest BCUT2D eigenvalue weighted by atomic mass is 79.9. The predicted molar refractivity (Wildman–Crippen MR) is 126 cm³/mol. The summed E-state index contributed by atoms with van der Waals surface area (Å²) in [4.78, 5) is 24.2. The van der Waals surface area contributed by atoms with E-state index in [2.05, 4.69) is 31.8 Å². The molecule has 0 atom stereocenters. The fourth-order valence-corrected chi connectivity index (χ4v) is 2.97. The van der Waals surface area contributed by atoms with Crippen molar-refractivity contribution in [1.29, 1.82) is 0 Å². The third-order valence-electron chi connectivity index (χ3n) is 4.61. The molecule has 0 bridgehead atoms. The number of hydrogen-bond acceptors (Lipinski definition) is 4. The minimum atomic E-state index is -0.293. The molecule has 3 aromatic carbocycles. The minimum Gasteiger partial charge on any atom is -0.484 e. The van der Waals surface area contributed by atoms with Gasteiger partial charge in [0.2, 0.25) is 0 Å². The van der Waals surface area contributed by atoms with E-state index in [0.717, 1.165) is 26.9 Å². The first-order valence-electron chi connectivity index (χ1n) is 9.60. The average Bonchev–Trinajstić information content (AvgIpc) is 2.77. The second-order valence-corrected chi connectivity index (χ2v) is 7.78. The van der Waals surface area contributed by atoms with Crippen molar-refractivity contribution in [2.24, 2.45) is 5.10 Å². The lowest BCUT2D eigenvalue weighted by Crippen LogP contribution is -2.20. The number of hydrogen-bond donors (Lipinski definition) is 2. The molecule has 0 aliphatic rings. The number of halogens is 1. The SMILES string of the molecule is Cc1cccc(NC(=O)COc2ccc(/C=N/NC(=O)c3ccc(Br)cc3)cc2)c1C. The Morgan fingerprint density at radius 1 is 1.00 bits per heavy atom. The molecule has 0 aliphatic carbocycles. The normalized spacial score (nSPS) is 10.7. The Morgan fingerprint density at radius 3 is 2.42 bits per heavy atom. The maximum Gasteiger partial charge on any atom is 0.271 e. The van der Waals surface area contributed by atoms with Crippen LogP contribution in [0.25, 0.3) is 0 Å². The Kier molecular flexibility index (Phi) is 7.56. The summed E-state index contributed by atoms with van der Waals surface area (Å²) in [6.45, 7) is 3.87. The van der Waals surface area contributed by atoms with Crippen LogP contribution in [0.3, 0.4) is 0 Å². The maximum atomic E-state index is 12.2. The molecule has 0 spiro atoms. The van der Waals surface area contributed by atoms with Gasteiger partial charge in [0, 0.05) is 15.7 Å². The number of ether oxygens (including phenoxy) is 1. The second kappa shape index (κ2) is 10.5. The van der Waals surface area contributed by atoms with Crippen molar-refractivity contribution >= 4 is 39.6 Å². The van der Waals surface area contributed by atoms with E-state index in [9.17, 15) is 9.59 Å². The van der Waals surface area contributed by atoms with E-state index in [-0.39, 0.29) is 18.4 Å². The van der Waals surface area contributed by atoms with E-state index in [1.807, 2.05) is 32.0 Å². The summed E-state index contributed by atoms with van der Waals surface area (Å²) < 4.78 is 6.45. The Bertz CT molecular complexity index is 1090. The number of rotatable bonds is 7. The molecule has 0 unspecified atom stereocenters. The van der Waals surface area contributed by atoms with Gasteiger partial charge in [-0.25, -0.2) is 5.43 Å². The number of aryl methyl sites for hydroxylation is 1. The van der Waals surface area contributed by atoms with Gasteiger partial charge in [-0.3, -0.25) is 9.59 Å². The molecule has 0 aliphatic heterocycles. The van der Waals surface area contributed by atoms with Gasteiger partial charge in [-0.1, -0.05) is 28.1 Å². The van der Waals surface area contributed by atoms with Gasteiger partial charge < -0.3 is 10.1 Å². The molecule has 31 heavy (non-hydrogen) atoms. The van der Waals surface area contributed by atoms with Crippen LogP contribution in [-0.4, -0.2) is 24.6 Å². The van der Waals surface area contributed by atoms with Crippen LogP contribution in [0.4, 0.5) is 5.69 Å². The number of carbonyl (C=O) groups is 2. The van der Waals surface area contributed by atoms with E-state index in [1.165, 1.54) is 6.21 Å². The van der Waals surface area contributed by atoms with Crippen LogP contribution in [0.2, 0.25) is 0 Å². The van der Waals surface area contributed by atoms with Gasteiger partial charge in [-0.15, -0.1) is 0 Å². The standard InChI is InChI=1S/C24H22BrN3O3/c1-16-4-3-5-22(17(16)2)27-23(29)15-31-21-12-6-18(7-13-21)14-26-28-24(30)19-8-10-20(25)11-9-19/h3-14H,15H2,1-2H3,(H,27,29)(H,28,30)/b26-14+. The summed E-state index contributed by atoms with van der Waals surface area (Å²) in [5.74, 6) is 0.0423. The first-order chi connectivity index (χ1) is 14.9. The minimum absolute atomic E-state index is 0.0932. The van der Waals surface area contributed by atoms with Crippen LogP contribution >= 0.6 is 15.9 Å². The summed E-state index contributed by atoms with van der Waals surface area (Å²) in [5, 5.41) is 6.82. The highest BCUT2D eigenvalue weighted by molar-refractivity contribution is 9.10. The molecular weight excluding hydrogens is 458 g/mol. The molecule has 0 saturated heterocycles. The maximum absolute atomic E-state index is 12.2. The largest absolute Gasteiger partial charge is 0.484 e. The summed E-state index contributed by atoms with van der Waals surface area (Å²) in [6.07, 6.45) is 1.54. The van der Waals surface area contributed by atoms with Crippen molar-refractivity contribution in [3.63, 3.8) is 0 Å². The van der Waals surface area contributed by atoms with Gasteiger partial charge in [0.1, 0.15) is 5.75 Å². The van der Waals surface area contributed by atoms with E-state index in [0.29, 0.717) is 11.3 Å². The third-order valence-corrected chi connectivity index (χ3v) is 5.14. The van der Waals surface area contributed by atoms with Crippen LogP contribution in [0, 0.1) is 13.8 Å². The Morgan fingerprint density at radius 2 is 1.71 bits per heavy atom. The van der Waals surface area contributed by atoms with Gasteiger partial charge in [0.15, 0.2) is 6.61 Å². The van der Waals surface area contributed by atoms with E-state index >= 15 is 0 Å². The molecule has 158 valence electrons. The highest BCUT2D eigenvalue weighted by Gasteiger charge is 2.07. The molecule has 7 heteroatoms. The molecule has 0 fully saturated rings. The molecule has 0 saturated carbocycles. The number of nitrogens with one attached hydrogen (secondary N) is 2. The topological polar surface area (TPSA) is 79.8 Å². The fraction of sp³-hybridized carbons (Fsp3) is 0.125. The van der Waals surface area contributed by atoms with Gasteiger partial charge in [-0.2, -0.15) is 5.10 Å². The number of anilines is 1. The number of carbonyl (C=O) groups excluding carboxylic acids is 2. The number of hydrazone groups is 1. The summed E-state index contributed by atoms with van der Waals surface area (Å²) in [7, 11) is 0. The monoisotopic (exact) mass is 479 g/mol. The van der Waals surface area contributed by atoms with Crippen molar-refractivity contribution < 1.29 is 14.3 Å². The zero-order chi connectivity index (χ0) is 22.2. The molecule has 2 amide bonds. The number of amides is 2. The molecule has 6 nitrogen and oxygen atoms in total. The van der Waals surface area contributed by atoms with Gasteiger partial charge in [0.05, 0.1) is 6.21 Å². The fourth-order valence-electron chi connectivity index (χ4n) is 2.70. The van der Waals surface area contributed by atoms with Gasteiger partial charge in [-0.05, 0) is 85.1 Å². The van der Waals surface area contributed by atoms with Gasteiger partial charge >= 0.3 is 0 Å². The molecule has 3 aromatic rings. The molecule has 3 rings (SSSR count). The van der Waals surface area contributed by atoms with Crippen LogP contribution < -0.4 is 15.5 Å². The zero-order valence-electron chi connectivity index (χ0n) is 17.2. The molecule has 0 aromatic heterocycles. The van der Waals surface area contributed by atoms with E-state index in [1.54, 1.807) is 48.5 Å². The Balaban J connectivity index is 1.47. The highest BCUT2D eigenvalue weighted by Crippen LogP contribution is 2.18. The summed E-state index contributed by atoms with van der Waals surface area (Å²) in [5.41, 5.74) is 6.71. The van der Waals surface area contributed by atoms with Crippen molar-refractivity contribution in [3.8, 4) is 5.75 Å². The molecule has 0 heterocycles. The van der Waals surface area contributed by atoms with Crippen LogP contribution in [0.15, 0.2) is 76.3 Å². The quantitative estimate of drug-likeness (QED) is 0.375. The lowest BCUT2D eigenvalue weighted by Gasteiger charge is -2.11. The number of nitrogens with zero attached hydrogens (tertiary/aromatic N) is 1. The van der Waals surface area contributed by atoms with Gasteiger partial charge in [0.25, 0.3) is 11.8 Å². The Hall–Kier alpha value is -3.45. The van der Waals surface area contributed by atoms with Crippen LogP contribution in [0.5, 0.6) is 5.75 Å². The first kappa shape index (κ1) is 22.2. The Labute approximate surface area is 189 Å². The van der Waals surface area contributed by atoms with Crippen LogP contribution in [0.1, 0.15) is 27.0 Å². The predicted octanol–water partition coefficient (Wildman–Crippen LogP) is 4.85. The zero-order valence-corrected chi connectivity index (χ0v) is 18.8. The molecular formula is C24H22BrN3O3. The lowest BCUT2D eigenvalue weighted by atomic mass is 10.1. The van der Waals surface area contributed by atoms with Crippen molar-refractivity contribution in [1.82, 2.24) is 5.43 Å². The molecule has 0 radical (unpaired) electrons. The van der Waals surface area contributed by atoms with Crippen molar-refractivity contribution in [2.75, 3.05) is 11.9 Å². The average molecular weight is 480 g/mol. The van der Waals surface area contributed by atoms with Crippen LogP contribution in [-0.2, 0) is 4.79 Å². The second-order valence-electron chi connectivity index (χ2n) is 6.86. The van der Waals surface area contributed by atoms with E-state index in [4.69, 9.17) is 4.74 Å². The smallest absolute Gasteiger partial charge is 0.271 e. The van der Waals surface area contributed by atoms with Crippen molar-refractivity contribution in [3.05, 3.63) is 93.5 Å².